The Bertz CT molecular complexity index is 503. The molecule has 0 aromatic carbocycles. The molecule has 0 bridgehead atoms. The molecule has 2 heteroatoms. The summed E-state index contributed by atoms with van der Waals surface area (Å²) in [4.78, 5) is 0. The van der Waals surface area contributed by atoms with Gasteiger partial charge in [-0.3, -0.25) is 0 Å². The molecule has 24 heavy (non-hydrogen) atoms. The summed E-state index contributed by atoms with van der Waals surface area (Å²) in [5.74, 6) is 9.47. The van der Waals surface area contributed by atoms with Gasteiger partial charge in [-0.1, -0.05) is 46.1 Å². The van der Waals surface area contributed by atoms with Gasteiger partial charge in [-0.25, -0.2) is 0 Å². The molecule has 0 saturated carbocycles. The molecule has 0 saturated heterocycles. The van der Waals surface area contributed by atoms with E-state index in [2.05, 4.69) is 79.0 Å². The summed E-state index contributed by atoms with van der Waals surface area (Å²) >= 11 is 0. The third-order valence-electron chi connectivity index (χ3n) is 4.79. The zero-order valence-electron chi connectivity index (χ0n) is 17.3. The van der Waals surface area contributed by atoms with E-state index in [0.29, 0.717) is 0 Å². The van der Waals surface area contributed by atoms with Crippen LogP contribution in [0.1, 0.15) is 73.6 Å². The monoisotopic (exact) mass is 346 g/mol. The fourth-order valence-corrected chi connectivity index (χ4v) is 3.65. The molecule has 1 nitrogen and oxygen atoms in total. The topological polar surface area (TPSA) is 9.23 Å². The number of rotatable bonds is 8. The van der Waals surface area contributed by atoms with Gasteiger partial charge in [0.1, 0.15) is 6.10 Å². The van der Waals surface area contributed by atoms with Crippen LogP contribution in [0.2, 0.25) is 18.1 Å². The van der Waals surface area contributed by atoms with Gasteiger partial charge in [-0.2, -0.15) is 0 Å². The maximum atomic E-state index is 6.69. The summed E-state index contributed by atoms with van der Waals surface area (Å²) in [6, 6.07) is 0. The molecule has 0 N–H and O–H groups in total. The molecule has 0 aromatic rings. The van der Waals surface area contributed by atoms with Gasteiger partial charge in [0, 0.05) is 18.3 Å². The molecule has 0 heterocycles. The molecule has 0 rings (SSSR count). The van der Waals surface area contributed by atoms with Gasteiger partial charge in [0.2, 0.25) is 0 Å². The second-order valence-electron chi connectivity index (χ2n) is 9.11. The number of unbranched alkanes of at least 4 members (excludes halogenated alkanes) is 3. The maximum absolute atomic E-state index is 6.69. The third-order valence-corrected chi connectivity index (χ3v) is 9.23. The minimum atomic E-state index is -1.87. The van der Waals surface area contributed by atoms with Crippen LogP contribution < -0.4 is 0 Å². The summed E-state index contributed by atoms with van der Waals surface area (Å²) in [6.45, 7) is 22.1. The molecule has 0 aliphatic carbocycles. The molecule has 0 fully saturated rings. The molecule has 0 aromatic heterocycles. The summed E-state index contributed by atoms with van der Waals surface area (Å²) in [6.07, 6.45) is 10.0. The van der Waals surface area contributed by atoms with E-state index in [1.807, 2.05) is 0 Å². The van der Waals surface area contributed by atoms with Gasteiger partial charge in [0.05, 0.1) is 0 Å². The normalized spacial score (nSPS) is 13.6. The van der Waals surface area contributed by atoms with E-state index in [-0.39, 0.29) is 16.6 Å². The molecule has 0 aliphatic heterocycles. The Hall–Kier alpha value is -0.963. The Morgan fingerprint density at radius 1 is 1.12 bits per heavy atom. The lowest BCUT2D eigenvalue weighted by molar-refractivity contribution is 0.107. The third kappa shape index (κ3) is 8.23. The zero-order valence-corrected chi connectivity index (χ0v) is 18.3. The number of hydrogen-bond donors (Lipinski definition) is 0. The first kappa shape index (κ1) is 23.0. The van der Waals surface area contributed by atoms with Crippen LogP contribution in [0.3, 0.4) is 0 Å². The van der Waals surface area contributed by atoms with Crippen molar-refractivity contribution < 1.29 is 4.43 Å². The van der Waals surface area contributed by atoms with Gasteiger partial charge in [-0.15, -0.1) is 24.8 Å². The summed E-state index contributed by atoms with van der Waals surface area (Å²) in [7, 11) is -1.87. The van der Waals surface area contributed by atoms with Gasteiger partial charge >= 0.3 is 0 Å². The summed E-state index contributed by atoms with van der Waals surface area (Å²) < 4.78 is 6.69. The fraction of sp³-hybridized carbons (Fsp3) is 0.727. The average Bonchev–Trinajstić information content (AvgIpc) is 2.38. The van der Waals surface area contributed by atoms with E-state index in [4.69, 9.17) is 10.8 Å². The highest BCUT2D eigenvalue weighted by atomic mass is 28.4. The number of hydrogen-bond acceptors (Lipinski definition) is 1. The highest BCUT2D eigenvalue weighted by Gasteiger charge is 2.42. The van der Waals surface area contributed by atoms with E-state index >= 15 is 0 Å². The molecule has 1 unspecified atom stereocenters. The second-order valence-corrected chi connectivity index (χ2v) is 13.9. The average molecular weight is 347 g/mol. The van der Waals surface area contributed by atoms with Crippen LogP contribution >= 0.6 is 0 Å². The lowest BCUT2D eigenvalue weighted by atomic mass is 9.81. The van der Waals surface area contributed by atoms with Crippen molar-refractivity contribution in [2.75, 3.05) is 0 Å². The Morgan fingerprint density at radius 2 is 1.67 bits per heavy atom. The van der Waals surface area contributed by atoms with E-state index in [1.54, 1.807) is 0 Å². The summed E-state index contributed by atoms with van der Waals surface area (Å²) in [5.41, 5.74) is 1.15. The van der Waals surface area contributed by atoms with Crippen molar-refractivity contribution >= 4 is 8.32 Å². The van der Waals surface area contributed by atoms with Crippen LogP contribution in [-0.4, -0.2) is 14.4 Å². The lowest BCUT2D eigenvalue weighted by Gasteiger charge is -2.42. The number of allylic oxidation sites excluding steroid dienone is 1. The SMILES string of the molecule is C#CCCCCC#CC(O[Si](C)(C)C(C)(C)C)C(C)(C)CC(=C)C. The van der Waals surface area contributed by atoms with Crippen LogP contribution in [0, 0.1) is 29.6 Å². The Labute approximate surface area is 152 Å². The van der Waals surface area contributed by atoms with Crippen LogP contribution in [0.4, 0.5) is 0 Å². The summed E-state index contributed by atoms with van der Waals surface area (Å²) in [5, 5.41) is 0.180. The van der Waals surface area contributed by atoms with Gasteiger partial charge in [0.25, 0.3) is 0 Å². The molecule has 0 amide bonds. The van der Waals surface area contributed by atoms with Gasteiger partial charge < -0.3 is 4.43 Å². The molecular formula is C22H38OSi. The van der Waals surface area contributed by atoms with Gasteiger partial charge in [-0.05, 0) is 44.3 Å². The minimum Gasteiger partial charge on any atom is -0.403 e. The first-order valence-corrected chi connectivity index (χ1v) is 12.0. The van der Waals surface area contributed by atoms with E-state index in [9.17, 15) is 0 Å². The molecule has 136 valence electrons. The Balaban J connectivity index is 5.22. The number of terminal acetylenes is 1. The molecular weight excluding hydrogens is 308 g/mol. The van der Waals surface area contributed by atoms with E-state index in [0.717, 1.165) is 32.1 Å². The highest BCUT2D eigenvalue weighted by molar-refractivity contribution is 6.74. The van der Waals surface area contributed by atoms with Crippen molar-refractivity contribution in [1.82, 2.24) is 0 Å². The molecule has 0 radical (unpaired) electrons. The van der Waals surface area contributed by atoms with Crippen molar-refractivity contribution in [3.63, 3.8) is 0 Å². The molecule has 1 atom stereocenters. The Kier molecular flexibility index (Phi) is 9.12. The predicted octanol–water partition coefficient (Wildman–Crippen LogP) is 6.57. The quantitative estimate of drug-likeness (QED) is 0.209. The van der Waals surface area contributed by atoms with Crippen LogP contribution in [0.5, 0.6) is 0 Å². The Morgan fingerprint density at radius 3 is 2.12 bits per heavy atom. The second kappa shape index (κ2) is 9.50. The lowest BCUT2D eigenvalue weighted by Crippen LogP contribution is -2.47. The van der Waals surface area contributed by atoms with Crippen molar-refractivity contribution in [2.24, 2.45) is 5.41 Å². The fourth-order valence-electron chi connectivity index (χ4n) is 2.33. The van der Waals surface area contributed by atoms with Crippen LogP contribution in [0.15, 0.2) is 12.2 Å². The maximum Gasteiger partial charge on any atom is 0.193 e. The first-order valence-electron chi connectivity index (χ1n) is 9.07. The van der Waals surface area contributed by atoms with Gasteiger partial charge in [0.15, 0.2) is 8.32 Å². The standard InChI is InChI=1S/C22H38OSi/c1-11-12-13-14-15-16-17-20(22(7,8)18-19(2)3)23-24(9,10)21(4,5)6/h1,20H,2,12-15,18H2,3-10H3. The van der Waals surface area contributed by atoms with Crippen molar-refractivity contribution in [3.8, 4) is 24.2 Å². The zero-order chi connectivity index (χ0) is 19.0. The smallest absolute Gasteiger partial charge is 0.193 e. The molecule has 0 spiro atoms. The van der Waals surface area contributed by atoms with Crippen LogP contribution in [-0.2, 0) is 4.43 Å². The van der Waals surface area contributed by atoms with E-state index in [1.165, 1.54) is 5.57 Å². The predicted molar refractivity (Wildman–Crippen MR) is 110 cm³/mol. The van der Waals surface area contributed by atoms with Crippen LogP contribution in [0.25, 0.3) is 0 Å². The largest absolute Gasteiger partial charge is 0.403 e. The highest BCUT2D eigenvalue weighted by Crippen LogP contribution is 2.41. The van der Waals surface area contributed by atoms with Crippen molar-refractivity contribution in [2.45, 2.75) is 97.9 Å². The molecule has 0 aliphatic rings. The van der Waals surface area contributed by atoms with E-state index < -0.39 is 8.32 Å². The minimum absolute atomic E-state index is 0.0346. The first-order chi connectivity index (χ1) is 10.8. The van der Waals surface area contributed by atoms with Crippen molar-refractivity contribution in [3.05, 3.63) is 12.2 Å². The van der Waals surface area contributed by atoms with Crippen molar-refractivity contribution in [1.29, 1.82) is 0 Å².